The molecule has 1 rings (SSSR count). The highest BCUT2D eigenvalue weighted by Gasteiger charge is 2.20. The molecule has 0 amide bonds. The Bertz CT molecular complexity index is 542. The molecule has 2 atom stereocenters. The van der Waals surface area contributed by atoms with Gasteiger partial charge < -0.3 is 28.9 Å². The monoisotopic (exact) mass is 526 g/mol. The summed E-state index contributed by atoms with van der Waals surface area (Å²) in [4.78, 5) is 8.69. The molecule has 1 fully saturated rings. The molecule has 198 valence electrons. The third-order valence-electron chi connectivity index (χ3n) is 4.30. The van der Waals surface area contributed by atoms with Crippen molar-refractivity contribution in [3.8, 4) is 0 Å². The number of hydrogen-bond donors (Lipinski definition) is 3. The zero-order valence-electron chi connectivity index (χ0n) is 21.4. The first kappa shape index (κ1) is 37.0. The Morgan fingerprint density at radius 3 is 1.38 bits per heavy atom. The van der Waals surface area contributed by atoms with Crippen LogP contribution in [0.5, 0.6) is 0 Å². The van der Waals surface area contributed by atoms with E-state index < -0.39 is 28.2 Å². The molecule has 0 aliphatic carbocycles. The van der Waals surface area contributed by atoms with Gasteiger partial charge in [-0.25, -0.2) is 0 Å². The Kier molecular flexibility index (Phi) is 24.0. The minimum absolute atomic E-state index is 0.0655. The van der Waals surface area contributed by atoms with E-state index in [9.17, 15) is 13.7 Å². The smallest absolute Gasteiger partial charge is 0.202 e. The summed E-state index contributed by atoms with van der Waals surface area (Å²) < 4.78 is 48.4. The van der Waals surface area contributed by atoms with Crippen LogP contribution in [0.15, 0.2) is 0 Å². The summed E-state index contributed by atoms with van der Waals surface area (Å²) in [5.74, 6) is 0. The van der Waals surface area contributed by atoms with Crippen LogP contribution >= 0.6 is 22.1 Å². The first-order chi connectivity index (χ1) is 14.7. The molecule has 9 nitrogen and oxygen atoms in total. The summed E-state index contributed by atoms with van der Waals surface area (Å²) in [6.45, 7) is 16.3. The molecule has 1 saturated heterocycles. The van der Waals surface area contributed by atoms with Gasteiger partial charge in [0.2, 0.25) is 14.7 Å². The fourth-order valence-corrected chi connectivity index (χ4v) is 4.82. The highest BCUT2D eigenvalue weighted by molar-refractivity contribution is 7.59. The Morgan fingerprint density at radius 1 is 0.812 bits per heavy atom. The van der Waals surface area contributed by atoms with Crippen molar-refractivity contribution in [3.63, 3.8) is 0 Å². The molecular formula is C20H49O9P3. The fourth-order valence-electron chi connectivity index (χ4n) is 1.61. The minimum atomic E-state index is -2.65. The van der Waals surface area contributed by atoms with Crippen molar-refractivity contribution >= 4 is 22.1 Å². The highest BCUT2D eigenvalue weighted by atomic mass is 31.2. The minimum Gasteiger partial charge on any atom is -0.394 e. The molecule has 1 heterocycles. The van der Waals surface area contributed by atoms with Crippen LogP contribution < -0.4 is 0 Å². The van der Waals surface area contributed by atoms with E-state index in [2.05, 4.69) is 4.74 Å². The van der Waals surface area contributed by atoms with Crippen molar-refractivity contribution in [2.24, 2.45) is 0 Å². The van der Waals surface area contributed by atoms with Crippen molar-refractivity contribution < 1.29 is 42.6 Å². The summed E-state index contributed by atoms with van der Waals surface area (Å²) in [6, 6.07) is 0. The van der Waals surface area contributed by atoms with Gasteiger partial charge in [0.15, 0.2) is 7.37 Å². The van der Waals surface area contributed by atoms with E-state index in [1.54, 1.807) is 27.7 Å². The Hall–Kier alpha value is 0.450. The van der Waals surface area contributed by atoms with Crippen LogP contribution in [0.25, 0.3) is 0 Å². The zero-order valence-corrected chi connectivity index (χ0v) is 24.0. The number of ether oxygens (including phenoxy) is 1. The van der Waals surface area contributed by atoms with Gasteiger partial charge in [0.25, 0.3) is 0 Å². The van der Waals surface area contributed by atoms with Gasteiger partial charge in [0.05, 0.1) is 38.6 Å². The topological polar surface area (TPSA) is 143 Å². The van der Waals surface area contributed by atoms with Crippen LogP contribution in [-0.2, 0) is 27.5 Å². The summed E-state index contributed by atoms with van der Waals surface area (Å²) in [7, 11) is -7.46. The van der Waals surface area contributed by atoms with Gasteiger partial charge in [-0.1, -0.05) is 41.5 Å². The van der Waals surface area contributed by atoms with Gasteiger partial charge >= 0.3 is 0 Å². The largest absolute Gasteiger partial charge is 0.394 e. The molecule has 0 radical (unpaired) electrons. The van der Waals surface area contributed by atoms with Crippen molar-refractivity contribution in [1.29, 1.82) is 0 Å². The van der Waals surface area contributed by atoms with E-state index in [1.165, 1.54) is 0 Å². The van der Waals surface area contributed by atoms with Gasteiger partial charge in [-0.05, 0) is 13.8 Å². The van der Waals surface area contributed by atoms with Gasteiger partial charge in [0, 0.05) is 37.0 Å². The van der Waals surface area contributed by atoms with Crippen LogP contribution in [0, 0.1) is 0 Å². The quantitative estimate of drug-likeness (QED) is 0.243. The predicted molar refractivity (Wildman–Crippen MR) is 134 cm³/mol. The lowest BCUT2D eigenvalue weighted by Gasteiger charge is -2.18. The van der Waals surface area contributed by atoms with Crippen molar-refractivity contribution in [2.75, 3.05) is 63.4 Å². The summed E-state index contributed by atoms with van der Waals surface area (Å²) >= 11 is 0. The van der Waals surface area contributed by atoms with Crippen LogP contribution in [0.1, 0.15) is 55.4 Å². The number of hydrogen-bond acceptors (Lipinski definition) is 8. The molecule has 0 spiro atoms. The predicted octanol–water partition coefficient (Wildman–Crippen LogP) is 4.72. The van der Waals surface area contributed by atoms with Crippen LogP contribution in [-0.4, -0.2) is 90.7 Å². The van der Waals surface area contributed by atoms with Crippen molar-refractivity contribution in [3.05, 3.63) is 0 Å². The molecular weight excluding hydrogens is 477 g/mol. The maximum atomic E-state index is 11.6. The Labute approximate surface area is 196 Å². The van der Waals surface area contributed by atoms with Crippen molar-refractivity contribution in [2.45, 2.75) is 67.6 Å². The van der Waals surface area contributed by atoms with Crippen LogP contribution in [0.3, 0.4) is 0 Å². The Morgan fingerprint density at radius 2 is 1.19 bits per heavy atom. The SMILES string of the molecule is C1CO1.CCP(=O)(CC)OC(C)CO.CCP(=O)(CC)OCC(C)O.CCP(=O)(O)CC. The first-order valence-electron chi connectivity index (χ1n) is 11.4. The molecule has 12 heteroatoms. The zero-order chi connectivity index (χ0) is 25.8. The second-order valence-corrected chi connectivity index (χ2v) is 16.4. The standard InChI is InChI=1S/2C7H17O3P.C4H11O2P.C2H4O/c1-4-11(9,5-2)10-6-7(3)8;1-4-11(9,5-2)10-7(3)6-8;1-3-7(5,6)4-2;1-2-3-1/h2*7-8H,4-6H2,1-3H3;3-4H2,1-2H3,(H,5,6);1-2H2. The van der Waals surface area contributed by atoms with E-state index in [4.69, 9.17) is 24.2 Å². The third kappa shape index (κ3) is 25.1. The second kappa shape index (κ2) is 20.8. The van der Waals surface area contributed by atoms with Gasteiger partial charge in [-0.15, -0.1) is 0 Å². The summed E-state index contributed by atoms with van der Waals surface area (Å²) in [5.41, 5.74) is 0. The van der Waals surface area contributed by atoms with Gasteiger partial charge in [-0.2, -0.15) is 0 Å². The van der Waals surface area contributed by atoms with Crippen molar-refractivity contribution in [1.82, 2.24) is 0 Å². The van der Waals surface area contributed by atoms with E-state index >= 15 is 0 Å². The van der Waals surface area contributed by atoms with Gasteiger partial charge in [0.1, 0.15) is 0 Å². The molecule has 2 unspecified atom stereocenters. The number of aliphatic hydroxyl groups is 2. The maximum absolute atomic E-state index is 11.6. The molecule has 32 heavy (non-hydrogen) atoms. The lowest BCUT2D eigenvalue weighted by atomic mass is 10.5. The molecule has 0 bridgehead atoms. The first-order valence-corrected chi connectivity index (χ1v) is 17.4. The van der Waals surface area contributed by atoms with E-state index in [1.807, 2.05) is 27.7 Å². The molecule has 1 aliphatic heterocycles. The number of aliphatic hydroxyl groups excluding tert-OH is 2. The van der Waals surface area contributed by atoms with Gasteiger partial charge in [-0.3, -0.25) is 13.7 Å². The summed E-state index contributed by atoms with van der Waals surface area (Å²) in [5, 5.41) is 17.5. The van der Waals surface area contributed by atoms with Crippen LogP contribution in [0.2, 0.25) is 0 Å². The number of rotatable bonds is 12. The Balaban J connectivity index is -0.000000376. The average Bonchev–Trinajstić information content (AvgIpc) is 3.67. The lowest BCUT2D eigenvalue weighted by Crippen LogP contribution is -2.12. The molecule has 0 aromatic heterocycles. The van der Waals surface area contributed by atoms with Crippen LogP contribution in [0.4, 0.5) is 0 Å². The highest BCUT2D eigenvalue weighted by Crippen LogP contribution is 2.47. The van der Waals surface area contributed by atoms with E-state index in [0.29, 0.717) is 37.0 Å². The maximum Gasteiger partial charge on any atom is 0.202 e. The lowest BCUT2D eigenvalue weighted by molar-refractivity contribution is 0.124. The molecule has 0 aromatic carbocycles. The fraction of sp³-hybridized carbons (Fsp3) is 1.00. The molecule has 3 N–H and O–H groups in total. The summed E-state index contributed by atoms with van der Waals surface area (Å²) in [6.07, 6.45) is 2.18. The average molecular weight is 527 g/mol. The second-order valence-electron chi connectivity index (χ2n) is 7.23. The molecule has 0 saturated carbocycles. The van der Waals surface area contributed by atoms with E-state index in [0.717, 1.165) is 13.2 Å². The third-order valence-corrected chi connectivity index (χ3v) is 11.5. The molecule has 0 aromatic rings. The normalized spacial score (nSPS) is 15.1. The number of epoxide rings is 1. The van der Waals surface area contributed by atoms with E-state index in [-0.39, 0.29) is 19.3 Å². The molecule has 1 aliphatic rings.